The monoisotopic (exact) mass is 328 g/mol. The Morgan fingerprint density at radius 2 is 2.12 bits per heavy atom. The van der Waals surface area contributed by atoms with Crippen LogP contribution in [0.15, 0.2) is 36.5 Å². The van der Waals surface area contributed by atoms with E-state index >= 15 is 0 Å². The lowest BCUT2D eigenvalue weighted by Gasteiger charge is -2.09. The van der Waals surface area contributed by atoms with E-state index < -0.39 is 0 Å². The predicted octanol–water partition coefficient (Wildman–Crippen LogP) is 2.53. The molecule has 1 amide bonds. The first-order chi connectivity index (χ1) is 11.6. The Hall–Kier alpha value is -2.63. The smallest absolute Gasteiger partial charge is 0.270 e. The molecule has 0 saturated heterocycles. The van der Waals surface area contributed by atoms with Crippen molar-refractivity contribution in [2.45, 2.75) is 20.3 Å². The number of methoxy groups -OCH3 is 1. The number of carbonyl (C=O) groups is 1. The summed E-state index contributed by atoms with van der Waals surface area (Å²) in [5, 5.41) is 6.00. The van der Waals surface area contributed by atoms with E-state index in [4.69, 9.17) is 4.74 Å². The van der Waals surface area contributed by atoms with Crippen LogP contribution in [-0.2, 0) is 6.42 Å². The van der Waals surface area contributed by atoms with Gasteiger partial charge in [0.15, 0.2) is 0 Å². The number of ether oxygens (including phenoxy) is 1. The summed E-state index contributed by atoms with van der Waals surface area (Å²) in [5.74, 6) is 1.51. The number of anilines is 1. The van der Waals surface area contributed by atoms with Gasteiger partial charge in [-0.05, 0) is 36.1 Å². The highest BCUT2D eigenvalue weighted by molar-refractivity contribution is 5.92. The highest BCUT2D eigenvalue weighted by atomic mass is 16.5. The molecule has 0 aliphatic carbocycles. The number of hydrogen-bond acceptors (Lipinski definition) is 5. The topological polar surface area (TPSA) is 76.1 Å². The zero-order valence-electron chi connectivity index (χ0n) is 14.4. The number of nitrogens with one attached hydrogen (secondary N) is 2. The van der Waals surface area contributed by atoms with Crippen LogP contribution >= 0.6 is 0 Å². The van der Waals surface area contributed by atoms with Gasteiger partial charge in [-0.2, -0.15) is 0 Å². The lowest BCUT2D eigenvalue weighted by Crippen LogP contribution is -2.28. The number of aromatic nitrogens is 2. The molecule has 0 aliphatic heterocycles. The van der Waals surface area contributed by atoms with Gasteiger partial charge in [-0.3, -0.25) is 4.79 Å². The average molecular weight is 328 g/mol. The highest BCUT2D eigenvalue weighted by Crippen LogP contribution is 2.13. The molecule has 0 saturated carbocycles. The molecule has 0 atom stereocenters. The Kier molecular flexibility index (Phi) is 6.54. The van der Waals surface area contributed by atoms with Gasteiger partial charge in [0.25, 0.3) is 5.91 Å². The zero-order valence-corrected chi connectivity index (χ0v) is 14.4. The van der Waals surface area contributed by atoms with Crippen molar-refractivity contribution in [2.75, 3.05) is 25.5 Å². The molecule has 1 aromatic carbocycles. The summed E-state index contributed by atoms with van der Waals surface area (Å²) < 4.78 is 5.21. The summed E-state index contributed by atoms with van der Waals surface area (Å²) in [6, 6.07) is 9.53. The molecule has 0 fully saturated rings. The van der Waals surface area contributed by atoms with Gasteiger partial charge >= 0.3 is 0 Å². The Bertz CT molecular complexity index is 674. The first-order valence-electron chi connectivity index (χ1n) is 8.06. The molecule has 2 rings (SSSR count). The van der Waals surface area contributed by atoms with E-state index in [9.17, 15) is 4.79 Å². The second-order valence-electron chi connectivity index (χ2n) is 5.90. The number of benzene rings is 1. The molecule has 1 heterocycles. The number of nitrogens with zero attached hydrogens (tertiary/aromatic N) is 2. The Labute approximate surface area is 142 Å². The van der Waals surface area contributed by atoms with Gasteiger partial charge in [0.05, 0.1) is 7.11 Å². The lowest BCUT2D eigenvalue weighted by molar-refractivity contribution is 0.0944. The van der Waals surface area contributed by atoms with Crippen molar-refractivity contribution in [2.24, 2.45) is 5.92 Å². The molecule has 6 nitrogen and oxygen atoms in total. The van der Waals surface area contributed by atoms with Crippen molar-refractivity contribution < 1.29 is 9.53 Å². The van der Waals surface area contributed by atoms with Crippen LogP contribution in [0, 0.1) is 5.92 Å². The van der Waals surface area contributed by atoms with E-state index in [0.29, 0.717) is 30.6 Å². The SMILES string of the molecule is COc1cccc(CCNc2nccc(C(=O)NCC(C)C)n2)c1. The summed E-state index contributed by atoms with van der Waals surface area (Å²) in [4.78, 5) is 20.4. The molecule has 0 unspecified atom stereocenters. The van der Waals surface area contributed by atoms with Crippen LogP contribution in [-0.4, -0.2) is 36.1 Å². The fourth-order valence-corrected chi connectivity index (χ4v) is 2.10. The van der Waals surface area contributed by atoms with E-state index in [1.807, 2.05) is 38.1 Å². The van der Waals surface area contributed by atoms with Crippen LogP contribution in [0.2, 0.25) is 0 Å². The van der Waals surface area contributed by atoms with Gasteiger partial charge in [0, 0.05) is 19.3 Å². The van der Waals surface area contributed by atoms with Crippen LogP contribution < -0.4 is 15.4 Å². The molecule has 0 bridgehead atoms. The van der Waals surface area contributed by atoms with E-state index in [-0.39, 0.29) is 5.91 Å². The maximum absolute atomic E-state index is 12.0. The largest absolute Gasteiger partial charge is 0.497 e. The Morgan fingerprint density at radius 1 is 1.29 bits per heavy atom. The quantitative estimate of drug-likeness (QED) is 0.779. The second kappa shape index (κ2) is 8.86. The fourth-order valence-electron chi connectivity index (χ4n) is 2.10. The first kappa shape index (κ1) is 17.7. The number of amides is 1. The third-order valence-electron chi connectivity index (χ3n) is 3.39. The molecular weight excluding hydrogens is 304 g/mol. The van der Waals surface area contributed by atoms with Crippen LogP contribution in [0.1, 0.15) is 29.9 Å². The molecule has 128 valence electrons. The highest BCUT2D eigenvalue weighted by Gasteiger charge is 2.09. The summed E-state index contributed by atoms with van der Waals surface area (Å²) in [5.41, 5.74) is 1.53. The van der Waals surface area contributed by atoms with Crippen molar-refractivity contribution in [3.05, 3.63) is 47.8 Å². The van der Waals surface area contributed by atoms with E-state index in [1.165, 1.54) is 0 Å². The minimum absolute atomic E-state index is 0.179. The molecule has 0 radical (unpaired) electrons. The molecule has 24 heavy (non-hydrogen) atoms. The average Bonchev–Trinajstić information content (AvgIpc) is 2.60. The van der Waals surface area contributed by atoms with E-state index in [1.54, 1.807) is 19.4 Å². The van der Waals surface area contributed by atoms with E-state index in [0.717, 1.165) is 17.7 Å². The molecule has 0 aliphatic rings. The van der Waals surface area contributed by atoms with Crippen molar-refractivity contribution in [1.82, 2.24) is 15.3 Å². The zero-order chi connectivity index (χ0) is 17.4. The Morgan fingerprint density at radius 3 is 2.88 bits per heavy atom. The van der Waals surface area contributed by atoms with Crippen LogP contribution in [0.5, 0.6) is 5.75 Å². The van der Waals surface area contributed by atoms with Crippen molar-refractivity contribution >= 4 is 11.9 Å². The standard InChI is InChI=1S/C18H24N4O2/c1-13(2)12-21-17(23)16-8-10-20-18(22-16)19-9-7-14-5-4-6-15(11-14)24-3/h4-6,8,10-11,13H,7,9,12H2,1-3H3,(H,21,23)(H,19,20,22). The molecule has 1 aromatic heterocycles. The van der Waals surface area contributed by atoms with Gasteiger partial charge in [-0.15, -0.1) is 0 Å². The van der Waals surface area contributed by atoms with Crippen molar-refractivity contribution in [3.63, 3.8) is 0 Å². The summed E-state index contributed by atoms with van der Waals surface area (Å²) in [6.07, 6.45) is 2.40. The maximum Gasteiger partial charge on any atom is 0.270 e. The maximum atomic E-state index is 12.0. The molecule has 6 heteroatoms. The number of rotatable bonds is 8. The predicted molar refractivity (Wildman–Crippen MR) is 94.4 cm³/mol. The minimum atomic E-state index is -0.179. The molecular formula is C18H24N4O2. The minimum Gasteiger partial charge on any atom is -0.497 e. The van der Waals surface area contributed by atoms with Gasteiger partial charge < -0.3 is 15.4 Å². The van der Waals surface area contributed by atoms with Crippen LogP contribution in [0.25, 0.3) is 0 Å². The normalized spacial score (nSPS) is 10.5. The van der Waals surface area contributed by atoms with Gasteiger partial charge in [-0.25, -0.2) is 9.97 Å². The van der Waals surface area contributed by atoms with Gasteiger partial charge in [0.1, 0.15) is 11.4 Å². The molecule has 0 spiro atoms. The number of hydrogen-bond donors (Lipinski definition) is 2. The summed E-state index contributed by atoms with van der Waals surface area (Å²) in [6.45, 7) is 5.39. The molecule has 2 N–H and O–H groups in total. The van der Waals surface area contributed by atoms with Gasteiger partial charge in [-0.1, -0.05) is 26.0 Å². The van der Waals surface area contributed by atoms with Crippen molar-refractivity contribution in [3.8, 4) is 5.75 Å². The second-order valence-corrected chi connectivity index (χ2v) is 5.90. The summed E-state index contributed by atoms with van der Waals surface area (Å²) in [7, 11) is 1.65. The Balaban J connectivity index is 1.88. The fraction of sp³-hybridized carbons (Fsp3) is 0.389. The summed E-state index contributed by atoms with van der Waals surface area (Å²) >= 11 is 0. The van der Waals surface area contributed by atoms with Crippen LogP contribution in [0.4, 0.5) is 5.95 Å². The van der Waals surface area contributed by atoms with Crippen LogP contribution in [0.3, 0.4) is 0 Å². The van der Waals surface area contributed by atoms with E-state index in [2.05, 4.69) is 20.6 Å². The molecule has 2 aromatic rings. The lowest BCUT2D eigenvalue weighted by atomic mass is 10.1. The number of carbonyl (C=O) groups excluding carboxylic acids is 1. The third-order valence-corrected chi connectivity index (χ3v) is 3.39. The van der Waals surface area contributed by atoms with Crippen molar-refractivity contribution in [1.29, 1.82) is 0 Å². The first-order valence-corrected chi connectivity index (χ1v) is 8.06. The van der Waals surface area contributed by atoms with Gasteiger partial charge in [0.2, 0.25) is 5.95 Å². The third kappa shape index (κ3) is 5.53.